The zero-order valence-corrected chi connectivity index (χ0v) is 12.9. The molecule has 0 aromatic heterocycles. The Morgan fingerprint density at radius 3 is 3.05 bits per heavy atom. The Hall–Kier alpha value is -0.830. The molecule has 2 rings (SSSR count). The highest BCUT2D eigenvalue weighted by Crippen LogP contribution is 2.22. The first-order valence-electron chi connectivity index (χ1n) is 8.41. The fraction of sp³-hybridized carbons (Fsp3) is 0.824. The number of hydrogen-bond acceptors (Lipinski definition) is 2. The molecule has 2 N–H and O–H groups in total. The Kier molecular flexibility index (Phi) is 6.58. The molecular weight excluding hydrogens is 248 g/mol. The van der Waals surface area contributed by atoms with E-state index in [1.807, 2.05) is 0 Å². The van der Waals surface area contributed by atoms with Crippen molar-refractivity contribution in [3.05, 3.63) is 11.6 Å². The number of carbonyl (C=O) groups excluding carboxylic acids is 1. The minimum Gasteiger partial charge on any atom is -0.356 e. The summed E-state index contributed by atoms with van der Waals surface area (Å²) in [5, 5.41) is 6.54. The summed E-state index contributed by atoms with van der Waals surface area (Å²) in [5.74, 6) is 1.41. The summed E-state index contributed by atoms with van der Waals surface area (Å²) in [7, 11) is 0. The first kappa shape index (κ1) is 15.6. The molecule has 3 heteroatoms. The largest absolute Gasteiger partial charge is 0.356 e. The van der Waals surface area contributed by atoms with Gasteiger partial charge in [0.25, 0.3) is 0 Å². The molecule has 1 aliphatic heterocycles. The second-order valence-electron chi connectivity index (χ2n) is 6.50. The van der Waals surface area contributed by atoms with Gasteiger partial charge < -0.3 is 10.6 Å². The molecule has 0 bridgehead atoms. The van der Waals surface area contributed by atoms with Crippen molar-refractivity contribution in [3.8, 4) is 0 Å². The van der Waals surface area contributed by atoms with E-state index < -0.39 is 0 Å². The molecule has 1 heterocycles. The van der Waals surface area contributed by atoms with Gasteiger partial charge in [0.2, 0.25) is 5.91 Å². The van der Waals surface area contributed by atoms with E-state index in [0.717, 1.165) is 26.1 Å². The fourth-order valence-electron chi connectivity index (χ4n) is 3.39. The Morgan fingerprint density at radius 1 is 1.45 bits per heavy atom. The predicted octanol–water partition coefficient (Wildman–Crippen LogP) is 3.02. The van der Waals surface area contributed by atoms with Crippen LogP contribution in [0.2, 0.25) is 0 Å². The van der Waals surface area contributed by atoms with Crippen molar-refractivity contribution in [3.63, 3.8) is 0 Å². The van der Waals surface area contributed by atoms with Gasteiger partial charge in [-0.2, -0.15) is 0 Å². The van der Waals surface area contributed by atoms with Gasteiger partial charge in [-0.05, 0) is 69.9 Å². The average molecular weight is 278 g/mol. The molecule has 2 aliphatic rings. The van der Waals surface area contributed by atoms with Crippen molar-refractivity contribution < 1.29 is 4.79 Å². The van der Waals surface area contributed by atoms with Gasteiger partial charge >= 0.3 is 0 Å². The number of allylic oxidation sites excluding steroid dienone is 1. The van der Waals surface area contributed by atoms with Crippen LogP contribution < -0.4 is 10.6 Å². The lowest BCUT2D eigenvalue weighted by Crippen LogP contribution is -2.35. The van der Waals surface area contributed by atoms with Crippen molar-refractivity contribution in [2.75, 3.05) is 19.6 Å². The quantitative estimate of drug-likeness (QED) is 0.733. The topological polar surface area (TPSA) is 41.1 Å². The summed E-state index contributed by atoms with van der Waals surface area (Å²) >= 11 is 0. The number of rotatable bonds is 6. The third-order valence-electron chi connectivity index (χ3n) is 4.80. The van der Waals surface area contributed by atoms with Gasteiger partial charge in [0.05, 0.1) is 0 Å². The summed E-state index contributed by atoms with van der Waals surface area (Å²) in [4.78, 5) is 12.0. The molecule has 1 fully saturated rings. The molecule has 0 saturated carbocycles. The minimum atomic E-state index is 0.236. The standard InChI is InChI=1S/C17H30N2O/c1-14(16-8-5-10-18-13-16)12-17(20)19-11-9-15-6-3-2-4-7-15/h6,14,16,18H,2-5,7-13H2,1H3,(H,19,20). The van der Waals surface area contributed by atoms with E-state index in [1.54, 1.807) is 5.57 Å². The van der Waals surface area contributed by atoms with Crippen LogP contribution in [0.15, 0.2) is 11.6 Å². The van der Waals surface area contributed by atoms with E-state index in [1.165, 1.54) is 38.5 Å². The van der Waals surface area contributed by atoms with Crippen LogP contribution in [0.5, 0.6) is 0 Å². The van der Waals surface area contributed by atoms with Gasteiger partial charge in [-0.25, -0.2) is 0 Å². The molecular formula is C17H30N2O. The molecule has 1 saturated heterocycles. The van der Waals surface area contributed by atoms with E-state index in [0.29, 0.717) is 18.3 Å². The summed E-state index contributed by atoms with van der Waals surface area (Å²) < 4.78 is 0. The number of piperidine rings is 1. The lowest BCUT2D eigenvalue weighted by Gasteiger charge is -2.28. The second-order valence-corrected chi connectivity index (χ2v) is 6.50. The van der Waals surface area contributed by atoms with Crippen LogP contribution in [0, 0.1) is 11.8 Å². The Bertz CT molecular complexity index is 332. The number of amides is 1. The molecule has 1 amide bonds. The van der Waals surface area contributed by atoms with Gasteiger partial charge in [0, 0.05) is 13.0 Å². The van der Waals surface area contributed by atoms with Crippen molar-refractivity contribution in [1.29, 1.82) is 0 Å². The molecule has 2 unspecified atom stereocenters. The van der Waals surface area contributed by atoms with Crippen LogP contribution in [-0.4, -0.2) is 25.5 Å². The molecule has 0 radical (unpaired) electrons. The Labute approximate surface area is 123 Å². The maximum atomic E-state index is 12.0. The summed E-state index contributed by atoms with van der Waals surface area (Å²) in [6, 6.07) is 0. The van der Waals surface area contributed by atoms with Crippen LogP contribution in [0.3, 0.4) is 0 Å². The van der Waals surface area contributed by atoms with Gasteiger partial charge in [0.1, 0.15) is 0 Å². The molecule has 114 valence electrons. The van der Waals surface area contributed by atoms with E-state index in [4.69, 9.17) is 0 Å². The summed E-state index contributed by atoms with van der Waals surface area (Å²) in [6.45, 7) is 5.27. The zero-order chi connectivity index (χ0) is 14.2. The normalized spacial score (nSPS) is 24.9. The lowest BCUT2D eigenvalue weighted by molar-refractivity contribution is -0.122. The van der Waals surface area contributed by atoms with E-state index >= 15 is 0 Å². The lowest BCUT2D eigenvalue weighted by atomic mass is 9.85. The minimum absolute atomic E-state index is 0.236. The molecule has 1 aliphatic carbocycles. The smallest absolute Gasteiger partial charge is 0.220 e. The third-order valence-corrected chi connectivity index (χ3v) is 4.80. The molecule has 0 aromatic carbocycles. The number of hydrogen-bond donors (Lipinski definition) is 2. The number of carbonyl (C=O) groups is 1. The predicted molar refractivity (Wildman–Crippen MR) is 83.6 cm³/mol. The zero-order valence-electron chi connectivity index (χ0n) is 12.9. The van der Waals surface area contributed by atoms with Crippen LogP contribution in [0.25, 0.3) is 0 Å². The molecule has 0 aromatic rings. The highest BCUT2D eigenvalue weighted by molar-refractivity contribution is 5.76. The fourth-order valence-corrected chi connectivity index (χ4v) is 3.39. The molecule has 0 spiro atoms. The van der Waals surface area contributed by atoms with Crippen LogP contribution in [0.4, 0.5) is 0 Å². The van der Waals surface area contributed by atoms with Crippen molar-refractivity contribution in [1.82, 2.24) is 10.6 Å². The van der Waals surface area contributed by atoms with E-state index in [-0.39, 0.29) is 5.91 Å². The molecule has 3 nitrogen and oxygen atoms in total. The van der Waals surface area contributed by atoms with Crippen molar-refractivity contribution >= 4 is 5.91 Å². The van der Waals surface area contributed by atoms with E-state index in [9.17, 15) is 4.79 Å². The Morgan fingerprint density at radius 2 is 2.35 bits per heavy atom. The summed E-state index contributed by atoms with van der Waals surface area (Å²) in [6.07, 6.45) is 11.8. The maximum absolute atomic E-state index is 12.0. The monoisotopic (exact) mass is 278 g/mol. The first-order chi connectivity index (χ1) is 9.75. The van der Waals surface area contributed by atoms with Crippen LogP contribution in [0.1, 0.15) is 58.3 Å². The van der Waals surface area contributed by atoms with Gasteiger partial charge in [0.15, 0.2) is 0 Å². The van der Waals surface area contributed by atoms with E-state index in [2.05, 4.69) is 23.6 Å². The van der Waals surface area contributed by atoms with Crippen LogP contribution in [-0.2, 0) is 4.79 Å². The highest BCUT2D eigenvalue weighted by atomic mass is 16.1. The maximum Gasteiger partial charge on any atom is 0.220 e. The van der Waals surface area contributed by atoms with Gasteiger partial charge in [-0.3, -0.25) is 4.79 Å². The second kappa shape index (κ2) is 8.46. The average Bonchev–Trinajstić information content (AvgIpc) is 2.49. The summed E-state index contributed by atoms with van der Waals surface area (Å²) in [5.41, 5.74) is 1.54. The first-order valence-corrected chi connectivity index (χ1v) is 8.41. The SMILES string of the molecule is CC(CC(=O)NCCC1=CCCCC1)C1CCCNC1. The van der Waals surface area contributed by atoms with Crippen LogP contribution >= 0.6 is 0 Å². The van der Waals surface area contributed by atoms with Gasteiger partial charge in [-0.15, -0.1) is 0 Å². The van der Waals surface area contributed by atoms with Gasteiger partial charge in [-0.1, -0.05) is 18.6 Å². The van der Waals surface area contributed by atoms with Crippen molar-refractivity contribution in [2.24, 2.45) is 11.8 Å². The third kappa shape index (κ3) is 5.28. The van der Waals surface area contributed by atoms with Crippen molar-refractivity contribution in [2.45, 2.75) is 58.3 Å². The Balaban J connectivity index is 1.60. The highest BCUT2D eigenvalue weighted by Gasteiger charge is 2.21. The molecule has 20 heavy (non-hydrogen) atoms. The molecule has 2 atom stereocenters. The number of nitrogens with one attached hydrogen (secondary N) is 2.